The first kappa shape index (κ1) is 15.9. The molecule has 0 amide bonds. The minimum Gasteiger partial charge on any atom is -0.466 e. The molecular formula is C17H20O3. The molecule has 0 fully saturated rings. The third kappa shape index (κ3) is 4.19. The summed E-state index contributed by atoms with van der Waals surface area (Å²) in [6.07, 6.45) is -0.202. The molecule has 0 atom stereocenters. The van der Waals surface area contributed by atoms with Gasteiger partial charge in [-0.05, 0) is 23.8 Å². The molecule has 0 unspecified atom stereocenters. The van der Waals surface area contributed by atoms with E-state index in [9.17, 15) is 9.59 Å². The van der Waals surface area contributed by atoms with Gasteiger partial charge in [0.1, 0.15) is 6.42 Å². The Morgan fingerprint density at radius 1 is 1.00 bits per heavy atom. The molecule has 0 aromatic heterocycles. The molecule has 0 heterocycles. The molecular weight excluding hydrogens is 252 g/mol. The molecule has 2 rings (SSSR count). The van der Waals surface area contributed by atoms with Crippen LogP contribution in [0.4, 0.5) is 0 Å². The molecule has 3 heteroatoms. The van der Waals surface area contributed by atoms with E-state index in [-0.39, 0.29) is 12.2 Å². The second-order valence-corrected chi connectivity index (χ2v) is 3.97. The molecule has 0 saturated heterocycles. The van der Waals surface area contributed by atoms with E-state index in [1.807, 2.05) is 44.2 Å². The van der Waals surface area contributed by atoms with Crippen LogP contribution in [0.3, 0.4) is 0 Å². The molecule has 0 radical (unpaired) electrons. The van der Waals surface area contributed by atoms with E-state index in [2.05, 4.69) is 0 Å². The maximum Gasteiger partial charge on any atom is 0.313 e. The van der Waals surface area contributed by atoms with Crippen LogP contribution in [-0.4, -0.2) is 18.4 Å². The first-order valence-electron chi connectivity index (χ1n) is 6.88. The van der Waals surface area contributed by atoms with Crippen LogP contribution in [0.1, 0.15) is 37.6 Å². The van der Waals surface area contributed by atoms with E-state index in [4.69, 9.17) is 4.74 Å². The topological polar surface area (TPSA) is 43.4 Å². The van der Waals surface area contributed by atoms with Crippen LogP contribution in [0.5, 0.6) is 0 Å². The fourth-order valence-corrected chi connectivity index (χ4v) is 1.81. The molecule has 3 nitrogen and oxygen atoms in total. The van der Waals surface area contributed by atoms with E-state index in [1.54, 1.807) is 19.1 Å². The van der Waals surface area contributed by atoms with Gasteiger partial charge in [0, 0.05) is 5.56 Å². The molecule has 0 aliphatic heterocycles. The molecule has 0 N–H and O–H groups in total. The van der Waals surface area contributed by atoms with E-state index in [1.165, 1.54) is 0 Å². The number of ketones is 1. The predicted octanol–water partition coefficient (Wildman–Crippen LogP) is 4.00. The van der Waals surface area contributed by atoms with Crippen molar-refractivity contribution in [2.24, 2.45) is 0 Å². The molecule has 20 heavy (non-hydrogen) atoms. The number of rotatable bonds is 4. The van der Waals surface area contributed by atoms with Crippen molar-refractivity contribution >= 4 is 22.5 Å². The van der Waals surface area contributed by atoms with Crippen molar-refractivity contribution in [2.75, 3.05) is 6.61 Å². The van der Waals surface area contributed by atoms with E-state index in [0.29, 0.717) is 12.2 Å². The SMILES string of the molecule is CC.CCOC(=O)CC(=O)c1ccc2ccccc2c1. The standard InChI is InChI=1S/C15H14O3.C2H6/c1-2-18-15(17)10-14(16)13-8-7-11-5-3-4-6-12(11)9-13;1-2/h3-9H,2,10H2,1H3;1-2H3. The summed E-state index contributed by atoms with van der Waals surface area (Å²) in [5, 5.41) is 2.07. The third-order valence-electron chi connectivity index (χ3n) is 2.68. The van der Waals surface area contributed by atoms with Gasteiger partial charge in [0.25, 0.3) is 0 Å². The first-order valence-corrected chi connectivity index (χ1v) is 6.88. The zero-order valence-electron chi connectivity index (χ0n) is 12.2. The minimum absolute atomic E-state index is 0.202. The summed E-state index contributed by atoms with van der Waals surface area (Å²) in [6, 6.07) is 13.2. The van der Waals surface area contributed by atoms with Crippen molar-refractivity contribution in [2.45, 2.75) is 27.2 Å². The summed E-state index contributed by atoms with van der Waals surface area (Å²) in [5.74, 6) is -0.685. The number of fused-ring (bicyclic) bond motifs is 1. The van der Waals surface area contributed by atoms with Gasteiger partial charge in [-0.2, -0.15) is 0 Å². The Morgan fingerprint density at radius 3 is 2.30 bits per heavy atom. The van der Waals surface area contributed by atoms with E-state index >= 15 is 0 Å². The van der Waals surface area contributed by atoms with Crippen LogP contribution in [0.15, 0.2) is 42.5 Å². The van der Waals surface area contributed by atoms with Crippen molar-refractivity contribution in [3.8, 4) is 0 Å². The van der Waals surface area contributed by atoms with Crippen molar-refractivity contribution in [3.05, 3.63) is 48.0 Å². The van der Waals surface area contributed by atoms with Gasteiger partial charge in [0.05, 0.1) is 6.61 Å². The van der Waals surface area contributed by atoms with Gasteiger partial charge < -0.3 is 4.74 Å². The van der Waals surface area contributed by atoms with Crippen LogP contribution in [0.25, 0.3) is 10.8 Å². The van der Waals surface area contributed by atoms with Gasteiger partial charge in [-0.25, -0.2) is 0 Å². The van der Waals surface area contributed by atoms with Crippen molar-refractivity contribution < 1.29 is 14.3 Å². The zero-order valence-corrected chi connectivity index (χ0v) is 12.2. The van der Waals surface area contributed by atoms with Gasteiger partial charge in [-0.3, -0.25) is 9.59 Å². The molecule has 0 saturated carbocycles. The highest BCUT2D eigenvalue weighted by Crippen LogP contribution is 2.16. The highest BCUT2D eigenvalue weighted by molar-refractivity contribution is 6.07. The van der Waals surface area contributed by atoms with Crippen LogP contribution >= 0.6 is 0 Å². The number of carbonyl (C=O) groups is 2. The lowest BCUT2D eigenvalue weighted by atomic mass is 10.0. The van der Waals surface area contributed by atoms with Gasteiger partial charge in [0.2, 0.25) is 0 Å². The summed E-state index contributed by atoms with van der Waals surface area (Å²) < 4.78 is 4.76. The van der Waals surface area contributed by atoms with Gasteiger partial charge in [0.15, 0.2) is 5.78 Å². The number of carbonyl (C=O) groups excluding carboxylic acids is 2. The summed E-state index contributed by atoms with van der Waals surface area (Å²) in [7, 11) is 0. The Kier molecular flexibility index (Phi) is 6.44. The summed E-state index contributed by atoms with van der Waals surface area (Å²) >= 11 is 0. The number of hydrogen-bond acceptors (Lipinski definition) is 3. The smallest absolute Gasteiger partial charge is 0.313 e. The highest BCUT2D eigenvalue weighted by atomic mass is 16.5. The summed E-state index contributed by atoms with van der Waals surface area (Å²) in [4.78, 5) is 23.1. The Hall–Kier alpha value is -2.16. The van der Waals surface area contributed by atoms with Crippen LogP contribution in [0, 0.1) is 0 Å². The Morgan fingerprint density at radius 2 is 1.65 bits per heavy atom. The maximum atomic E-state index is 11.9. The molecule has 106 valence electrons. The van der Waals surface area contributed by atoms with Gasteiger partial charge >= 0.3 is 5.97 Å². The second kappa shape index (κ2) is 8.10. The normalized spacial score (nSPS) is 9.55. The molecule has 2 aromatic rings. The van der Waals surface area contributed by atoms with Crippen LogP contribution in [-0.2, 0) is 9.53 Å². The van der Waals surface area contributed by atoms with Gasteiger partial charge in [-0.15, -0.1) is 0 Å². The number of Topliss-reactive ketones (excluding diaryl/α,β-unsaturated/α-hetero) is 1. The Labute approximate surface area is 119 Å². The number of ether oxygens (including phenoxy) is 1. The Balaban J connectivity index is 0.000000956. The highest BCUT2D eigenvalue weighted by Gasteiger charge is 2.12. The fraction of sp³-hybridized carbons (Fsp3) is 0.294. The molecule has 0 bridgehead atoms. The number of benzene rings is 2. The summed E-state index contributed by atoms with van der Waals surface area (Å²) in [5.41, 5.74) is 0.543. The lowest BCUT2D eigenvalue weighted by molar-refractivity contribution is -0.141. The van der Waals surface area contributed by atoms with Crippen LogP contribution < -0.4 is 0 Å². The monoisotopic (exact) mass is 272 g/mol. The Bertz CT molecular complexity index is 588. The van der Waals surface area contributed by atoms with Crippen molar-refractivity contribution in [3.63, 3.8) is 0 Å². The zero-order chi connectivity index (χ0) is 15.0. The molecule has 0 spiro atoms. The average molecular weight is 272 g/mol. The minimum atomic E-state index is -0.476. The molecule has 0 aliphatic carbocycles. The maximum absolute atomic E-state index is 11.9. The van der Waals surface area contributed by atoms with Gasteiger partial charge in [-0.1, -0.05) is 50.2 Å². The van der Waals surface area contributed by atoms with Crippen molar-refractivity contribution in [1.29, 1.82) is 0 Å². The lowest BCUT2D eigenvalue weighted by Crippen LogP contribution is -2.11. The third-order valence-corrected chi connectivity index (χ3v) is 2.68. The first-order chi connectivity index (χ1) is 9.70. The molecule has 2 aromatic carbocycles. The van der Waals surface area contributed by atoms with Crippen molar-refractivity contribution in [1.82, 2.24) is 0 Å². The van der Waals surface area contributed by atoms with Crippen LogP contribution in [0.2, 0.25) is 0 Å². The summed E-state index contributed by atoms with van der Waals surface area (Å²) in [6.45, 7) is 6.02. The average Bonchev–Trinajstić information content (AvgIpc) is 2.49. The predicted molar refractivity (Wildman–Crippen MR) is 80.9 cm³/mol. The largest absolute Gasteiger partial charge is 0.466 e. The number of esters is 1. The lowest BCUT2D eigenvalue weighted by Gasteiger charge is -2.03. The van der Waals surface area contributed by atoms with E-state index in [0.717, 1.165) is 10.8 Å². The second-order valence-electron chi connectivity index (χ2n) is 3.97. The quantitative estimate of drug-likeness (QED) is 0.480. The number of hydrogen-bond donors (Lipinski definition) is 0. The van der Waals surface area contributed by atoms with E-state index < -0.39 is 5.97 Å². The molecule has 0 aliphatic rings. The fourth-order valence-electron chi connectivity index (χ4n) is 1.81.